The molecule has 0 fully saturated rings. The highest BCUT2D eigenvalue weighted by molar-refractivity contribution is 6.18. The van der Waals surface area contributed by atoms with Crippen molar-refractivity contribution in [2.45, 2.75) is 33.6 Å². The number of aromatic hydroxyl groups is 1. The van der Waals surface area contributed by atoms with E-state index < -0.39 is 11.9 Å². The molecule has 1 unspecified atom stereocenters. The minimum Gasteiger partial charge on any atom is -0.507 e. The summed E-state index contributed by atoms with van der Waals surface area (Å²) >= 11 is 0. The molecule has 0 aliphatic carbocycles. The van der Waals surface area contributed by atoms with Gasteiger partial charge >= 0.3 is 5.97 Å². The standard InChI is InChI=1S/C21H20O5/c1-10-7-11(2)16(12(3)8-10)19(23)17-18(22)15(13(4)21(24)25)9-14-5-6-26-20(14)17/h5-9,13,22H,1-4H3,(H,24,25). The van der Waals surface area contributed by atoms with Crippen LogP contribution in [-0.2, 0) is 4.79 Å². The smallest absolute Gasteiger partial charge is 0.310 e. The summed E-state index contributed by atoms with van der Waals surface area (Å²) in [7, 11) is 0. The molecular formula is C21H20O5. The number of aliphatic carboxylic acids is 1. The highest BCUT2D eigenvalue weighted by Gasteiger charge is 2.28. The molecule has 3 rings (SSSR count). The zero-order valence-electron chi connectivity index (χ0n) is 15.1. The van der Waals surface area contributed by atoms with E-state index in [4.69, 9.17) is 4.42 Å². The quantitative estimate of drug-likeness (QED) is 0.676. The highest BCUT2D eigenvalue weighted by Crippen LogP contribution is 2.38. The molecule has 0 saturated carbocycles. The van der Waals surface area contributed by atoms with Gasteiger partial charge in [0.15, 0.2) is 0 Å². The molecule has 1 aromatic heterocycles. The molecule has 0 amide bonds. The number of phenols is 1. The Bertz CT molecular complexity index is 1020. The number of carbonyl (C=O) groups is 2. The fraction of sp³-hybridized carbons (Fsp3) is 0.238. The van der Waals surface area contributed by atoms with Crippen molar-refractivity contribution in [1.82, 2.24) is 0 Å². The number of hydrogen-bond donors (Lipinski definition) is 2. The molecule has 134 valence electrons. The summed E-state index contributed by atoms with van der Waals surface area (Å²) in [5, 5.41) is 20.7. The molecule has 1 heterocycles. The summed E-state index contributed by atoms with van der Waals surface area (Å²) in [4.78, 5) is 24.7. The van der Waals surface area contributed by atoms with Crippen molar-refractivity contribution >= 4 is 22.7 Å². The van der Waals surface area contributed by atoms with Crippen LogP contribution >= 0.6 is 0 Å². The molecule has 26 heavy (non-hydrogen) atoms. The van der Waals surface area contributed by atoms with Crippen molar-refractivity contribution in [2.75, 3.05) is 0 Å². The van der Waals surface area contributed by atoms with Crippen LogP contribution in [0.4, 0.5) is 0 Å². The maximum atomic E-state index is 13.3. The lowest BCUT2D eigenvalue weighted by Crippen LogP contribution is -2.12. The third-order valence-electron chi connectivity index (χ3n) is 4.71. The maximum Gasteiger partial charge on any atom is 0.310 e. The second-order valence-corrected chi connectivity index (χ2v) is 6.69. The lowest BCUT2D eigenvalue weighted by atomic mass is 9.89. The average Bonchev–Trinajstić information content (AvgIpc) is 3.00. The van der Waals surface area contributed by atoms with Crippen molar-refractivity contribution < 1.29 is 24.2 Å². The Hall–Kier alpha value is -3.08. The van der Waals surface area contributed by atoms with Crippen LogP contribution in [0.25, 0.3) is 11.0 Å². The zero-order valence-corrected chi connectivity index (χ0v) is 15.1. The molecule has 3 aromatic rings. The molecule has 5 heteroatoms. The Kier molecular flexibility index (Phi) is 4.32. The van der Waals surface area contributed by atoms with Crippen LogP contribution in [0.1, 0.15) is 51.0 Å². The Morgan fingerprint density at radius 2 is 1.65 bits per heavy atom. The van der Waals surface area contributed by atoms with Crippen molar-refractivity contribution in [3.05, 3.63) is 63.9 Å². The molecule has 0 bridgehead atoms. The predicted molar refractivity (Wildman–Crippen MR) is 98.0 cm³/mol. The highest BCUT2D eigenvalue weighted by atomic mass is 16.4. The number of carboxylic acids is 1. The van der Waals surface area contributed by atoms with Crippen LogP contribution in [0, 0.1) is 20.8 Å². The van der Waals surface area contributed by atoms with Gasteiger partial charge in [0.2, 0.25) is 5.78 Å². The predicted octanol–water partition coefficient (Wildman–Crippen LogP) is 4.48. The second kappa shape index (κ2) is 6.33. The van der Waals surface area contributed by atoms with Gasteiger partial charge in [0.1, 0.15) is 16.9 Å². The van der Waals surface area contributed by atoms with E-state index in [0.717, 1.165) is 16.7 Å². The van der Waals surface area contributed by atoms with Gasteiger partial charge in [0.25, 0.3) is 0 Å². The van der Waals surface area contributed by atoms with E-state index in [2.05, 4.69) is 0 Å². The third-order valence-corrected chi connectivity index (χ3v) is 4.71. The van der Waals surface area contributed by atoms with Crippen LogP contribution < -0.4 is 0 Å². The molecule has 0 radical (unpaired) electrons. The number of phenolic OH excluding ortho intramolecular Hbond substituents is 1. The zero-order chi connectivity index (χ0) is 19.2. The number of fused-ring (bicyclic) bond motifs is 1. The fourth-order valence-electron chi connectivity index (χ4n) is 3.46. The number of carbonyl (C=O) groups excluding carboxylic acids is 1. The van der Waals surface area contributed by atoms with Gasteiger partial charge < -0.3 is 14.6 Å². The summed E-state index contributed by atoms with van der Waals surface area (Å²) in [5.41, 5.74) is 3.57. The number of benzene rings is 2. The van der Waals surface area contributed by atoms with E-state index >= 15 is 0 Å². The van der Waals surface area contributed by atoms with Gasteiger partial charge in [-0.2, -0.15) is 0 Å². The molecule has 0 aliphatic rings. The molecule has 0 aliphatic heterocycles. The number of ketones is 1. The lowest BCUT2D eigenvalue weighted by molar-refractivity contribution is -0.138. The average molecular weight is 352 g/mol. The van der Waals surface area contributed by atoms with Crippen LogP contribution in [0.2, 0.25) is 0 Å². The van der Waals surface area contributed by atoms with Gasteiger partial charge in [-0.1, -0.05) is 17.7 Å². The van der Waals surface area contributed by atoms with Gasteiger partial charge in [0, 0.05) is 16.5 Å². The number of carboxylic acid groups (broad SMARTS) is 1. The summed E-state index contributed by atoms with van der Waals surface area (Å²) in [5.74, 6) is -2.76. The normalized spacial score (nSPS) is 12.3. The SMILES string of the molecule is Cc1cc(C)c(C(=O)c2c(O)c(C(C)C(=O)O)cc3ccoc23)c(C)c1. The lowest BCUT2D eigenvalue weighted by Gasteiger charge is -2.15. The molecule has 2 aromatic carbocycles. The number of furan rings is 1. The van der Waals surface area contributed by atoms with E-state index in [1.165, 1.54) is 13.2 Å². The first-order valence-corrected chi connectivity index (χ1v) is 8.30. The van der Waals surface area contributed by atoms with Gasteiger partial charge in [-0.05, 0) is 51.0 Å². The van der Waals surface area contributed by atoms with Gasteiger partial charge in [-0.25, -0.2) is 0 Å². The Labute approximate surface area is 150 Å². The number of aryl methyl sites for hydroxylation is 3. The van der Waals surface area contributed by atoms with E-state index in [9.17, 15) is 19.8 Å². The maximum absolute atomic E-state index is 13.3. The molecule has 1 atom stereocenters. The van der Waals surface area contributed by atoms with Crippen molar-refractivity contribution in [3.63, 3.8) is 0 Å². The molecular weight excluding hydrogens is 332 g/mol. The Balaban J connectivity index is 2.31. The Morgan fingerprint density at radius 3 is 2.23 bits per heavy atom. The summed E-state index contributed by atoms with van der Waals surface area (Å²) in [6.07, 6.45) is 1.42. The van der Waals surface area contributed by atoms with Crippen LogP contribution in [0.3, 0.4) is 0 Å². The van der Waals surface area contributed by atoms with Crippen LogP contribution in [0.15, 0.2) is 34.9 Å². The van der Waals surface area contributed by atoms with Crippen molar-refractivity contribution in [2.24, 2.45) is 0 Å². The number of rotatable bonds is 4. The van der Waals surface area contributed by atoms with Crippen molar-refractivity contribution in [3.8, 4) is 5.75 Å². The molecule has 0 spiro atoms. The summed E-state index contributed by atoms with van der Waals surface area (Å²) < 4.78 is 5.44. The summed E-state index contributed by atoms with van der Waals surface area (Å²) in [6, 6.07) is 7.01. The van der Waals surface area contributed by atoms with E-state index in [0.29, 0.717) is 10.9 Å². The largest absolute Gasteiger partial charge is 0.507 e. The second-order valence-electron chi connectivity index (χ2n) is 6.69. The van der Waals surface area contributed by atoms with E-state index in [1.54, 1.807) is 12.1 Å². The first kappa shape index (κ1) is 17.7. The van der Waals surface area contributed by atoms with Crippen molar-refractivity contribution in [1.29, 1.82) is 0 Å². The van der Waals surface area contributed by atoms with Gasteiger partial charge in [-0.3, -0.25) is 9.59 Å². The van der Waals surface area contributed by atoms with E-state index in [1.807, 2.05) is 32.9 Å². The minimum absolute atomic E-state index is 0.00523. The summed E-state index contributed by atoms with van der Waals surface area (Å²) in [6.45, 7) is 7.10. The topological polar surface area (TPSA) is 87.7 Å². The van der Waals surface area contributed by atoms with Gasteiger partial charge in [-0.15, -0.1) is 0 Å². The van der Waals surface area contributed by atoms with E-state index in [-0.39, 0.29) is 28.2 Å². The van der Waals surface area contributed by atoms with Gasteiger partial charge in [0.05, 0.1) is 12.2 Å². The molecule has 0 saturated heterocycles. The first-order valence-electron chi connectivity index (χ1n) is 8.30. The third kappa shape index (κ3) is 2.75. The number of hydrogen-bond acceptors (Lipinski definition) is 4. The minimum atomic E-state index is -1.08. The van der Waals surface area contributed by atoms with Crippen LogP contribution in [0.5, 0.6) is 5.75 Å². The fourth-order valence-corrected chi connectivity index (χ4v) is 3.46. The first-order chi connectivity index (χ1) is 12.2. The molecule has 5 nitrogen and oxygen atoms in total. The van der Waals surface area contributed by atoms with Crippen LogP contribution in [-0.4, -0.2) is 22.0 Å². The monoisotopic (exact) mass is 352 g/mol. The Morgan fingerprint density at radius 1 is 1.04 bits per heavy atom. The molecule has 2 N–H and O–H groups in total.